The number of aryl methyl sites for hydroxylation is 2. The van der Waals surface area contributed by atoms with Gasteiger partial charge < -0.3 is 20.5 Å². The van der Waals surface area contributed by atoms with Crippen molar-refractivity contribution in [2.24, 2.45) is 5.92 Å². The molecule has 0 aromatic heterocycles. The summed E-state index contributed by atoms with van der Waals surface area (Å²) in [6, 6.07) is 11.9. The lowest BCUT2D eigenvalue weighted by Gasteiger charge is -2.32. The molecule has 192 valence electrons. The Bertz CT molecular complexity index is 1160. The van der Waals surface area contributed by atoms with E-state index in [-0.39, 0.29) is 11.7 Å². The molecule has 2 atom stereocenters. The van der Waals surface area contributed by atoms with Gasteiger partial charge in [0, 0.05) is 11.7 Å². The lowest BCUT2D eigenvalue weighted by atomic mass is 9.98. The monoisotopic (exact) mass is 493 g/mol. The summed E-state index contributed by atoms with van der Waals surface area (Å²) < 4.78 is 5.32. The largest absolute Gasteiger partial charge is 0.508 e. The molecule has 8 nitrogen and oxygen atoms in total. The topological polar surface area (TPSA) is 108 Å². The van der Waals surface area contributed by atoms with Gasteiger partial charge in [-0.15, -0.1) is 0 Å². The highest BCUT2D eigenvalue weighted by molar-refractivity contribution is 6.00. The SMILES string of the molecule is C#CN(C(=O)C(NC(=O)OC(C)(C)C)C(C)C)C(C(=O)Nc1ccccc1C)c1ccc(O)c(C)c1. The van der Waals surface area contributed by atoms with Gasteiger partial charge >= 0.3 is 6.09 Å². The molecule has 3 N–H and O–H groups in total. The summed E-state index contributed by atoms with van der Waals surface area (Å²) in [6.07, 6.45) is 5.02. The fourth-order valence-electron chi connectivity index (χ4n) is 3.54. The van der Waals surface area contributed by atoms with Gasteiger partial charge in [-0.3, -0.25) is 14.5 Å². The van der Waals surface area contributed by atoms with Crippen LogP contribution in [-0.4, -0.2) is 39.6 Å². The van der Waals surface area contributed by atoms with Crippen molar-refractivity contribution in [3.05, 3.63) is 59.2 Å². The van der Waals surface area contributed by atoms with E-state index in [0.29, 0.717) is 16.8 Å². The van der Waals surface area contributed by atoms with Crippen molar-refractivity contribution in [2.45, 2.75) is 66.2 Å². The van der Waals surface area contributed by atoms with Gasteiger partial charge in [-0.2, -0.15) is 0 Å². The fraction of sp³-hybridized carbons (Fsp3) is 0.393. The number of benzene rings is 2. The number of rotatable bonds is 7. The molecule has 0 fully saturated rings. The molecule has 8 heteroatoms. The number of nitrogens with zero attached hydrogens (tertiary/aromatic N) is 1. The van der Waals surface area contributed by atoms with Crippen molar-refractivity contribution in [1.82, 2.24) is 10.2 Å². The van der Waals surface area contributed by atoms with Gasteiger partial charge in [-0.05, 0) is 75.4 Å². The van der Waals surface area contributed by atoms with E-state index in [4.69, 9.17) is 11.2 Å². The minimum absolute atomic E-state index is 0.0436. The minimum atomic E-state index is -1.23. The number of carbonyl (C=O) groups is 3. The lowest BCUT2D eigenvalue weighted by molar-refractivity contribution is -0.137. The van der Waals surface area contributed by atoms with Crippen LogP contribution in [0.25, 0.3) is 0 Å². The highest BCUT2D eigenvalue weighted by Gasteiger charge is 2.37. The van der Waals surface area contributed by atoms with Crippen molar-refractivity contribution >= 4 is 23.6 Å². The van der Waals surface area contributed by atoms with Crippen molar-refractivity contribution in [3.63, 3.8) is 0 Å². The first-order chi connectivity index (χ1) is 16.7. The molecule has 36 heavy (non-hydrogen) atoms. The normalized spacial score (nSPS) is 12.8. The lowest BCUT2D eigenvalue weighted by Crippen LogP contribution is -2.53. The van der Waals surface area contributed by atoms with Crippen molar-refractivity contribution in [2.75, 3.05) is 5.32 Å². The number of hydrogen-bond donors (Lipinski definition) is 3. The number of ether oxygens (including phenoxy) is 1. The van der Waals surface area contributed by atoms with E-state index in [1.807, 2.05) is 19.1 Å². The van der Waals surface area contributed by atoms with Crippen molar-refractivity contribution in [3.8, 4) is 18.2 Å². The molecule has 0 aliphatic carbocycles. The predicted octanol–water partition coefficient (Wildman–Crippen LogP) is 4.66. The van der Waals surface area contributed by atoms with Crippen LogP contribution < -0.4 is 10.6 Å². The second kappa shape index (κ2) is 11.6. The number of alkyl carbamates (subject to hydrolysis) is 1. The standard InChI is InChI=1S/C28H35N3O5/c1-9-31(26(34)23(17(2)3)30-27(35)36-28(6,7)8)24(20-14-15-22(32)19(5)16-20)25(33)29-21-13-11-10-12-18(21)4/h1,10-17,23-24,32H,2-8H3,(H,29,33)(H,30,35). The van der Waals surface area contributed by atoms with Gasteiger partial charge in [0.15, 0.2) is 0 Å². The van der Waals surface area contributed by atoms with Crippen LogP contribution in [0.3, 0.4) is 0 Å². The van der Waals surface area contributed by atoms with Crippen LogP contribution in [-0.2, 0) is 14.3 Å². The zero-order valence-corrected chi connectivity index (χ0v) is 21.9. The summed E-state index contributed by atoms with van der Waals surface area (Å²) in [5, 5.41) is 15.5. The summed E-state index contributed by atoms with van der Waals surface area (Å²) in [7, 11) is 0. The summed E-state index contributed by atoms with van der Waals surface area (Å²) in [4.78, 5) is 40.7. The third kappa shape index (κ3) is 7.25. The van der Waals surface area contributed by atoms with Crippen LogP contribution in [0.1, 0.15) is 57.4 Å². The molecule has 2 rings (SSSR count). The summed E-state index contributed by atoms with van der Waals surface area (Å²) in [5.74, 6) is -1.50. The molecule has 0 radical (unpaired) electrons. The van der Waals surface area contributed by atoms with Gasteiger partial charge in [0.05, 0.1) is 0 Å². The molecule has 2 unspecified atom stereocenters. The first kappa shape index (κ1) is 28.2. The number of nitrogens with one attached hydrogen (secondary N) is 2. The average Bonchev–Trinajstić information content (AvgIpc) is 2.77. The first-order valence-corrected chi connectivity index (χ1v) is 11.7. The van der Waals surface area contributed by atoms with Gasteiger partial charge in [-0.1, -0.05) is 44.5 Å². The van der Waals surface area contributed by atoms with Crippen LogP contribution in [0.15, 0.2) is 42.5 Å². The number of amides is 3. The Balaban J connectivity index is 2.50. The average molecular weight is 494 g/mol. The smallest absolute Gasteiger partial charge is 0.408 e. The molecule has 2 aromatic rings. The Morgan fingerprint density at radius 1 is 1.06 bits per heavy atom. The summed E-state index contributed by atoms with van der Waals surface area (Å²) >= 11 is 0. The molecular formula is C28H35N3O5. The molecule has 0 saturated heterocycles. The van der Waals surface area contributed by atoms with Crippen LogP contribution in [0, 0.1) is 32.2 Å². The van der Waals surface area contributed by atoms with Crippen molar-refractivity contribution < 1.29 is 24.2 Å². The molecule has 0 bridgehead atoms. The van der Waals surface area contributed by atoms with E-state index in [2.05, 4.69) is 16.7 Å². The van der Waals surface area contributed by atoms with Crippen LogP contribution in [0.4, 0.5) is 10.5 Å². The first-order valence-electron chi connectivity index (χ1n) is 11.7. The van der Waals surface area contributed by atoms with E-state index >= 15 is 0 Å². The van der Waals surface area contributed by atoms with E-state index in [9.17, 15) is 19.5 Å². The molecule has 2 aromatic carbocycles. The predicted molar refractivity (Wildman–Crippen MR) is 139 cm³/mol. The van der Waals surface area contributed by atoms with Crippen molar-refractivity contribution in [1.29, 1.82) is 0 Å². The number of carbonyl (C=O) groups excluding carboxylic acids is 3. The maximum atomic E-state index is 13.7. The maximum absolute atomic E-state index is 13.7. The van der Waals surface area contributed by atoms with E-state index < -0.39 is 35.6 Å². The number of phenols is 1. The van der Waals surface area contributed by atoms with Gasteiger partial charge in [0.25, 0.3) is 11.8 Å². The van der Waals surface area contributed by atoms with Gasteiger partial charge in [0.2, 0.25) is 0 Å². The Hall–Kier alpha value is -3.99. The second-order valence-corrected chi connectivity index (χ2v) is 9.96. The van der Waals surface area contributed by atoms with E-state index in [1.165, 1.54) is 12.1 Å². The minimum Gasteiger partial charge on any atom is -0.508 e. The highest BCUT2D eigenvalue weighted by atomic mass is 16.6. The number of para-hydroxylation sites is 1. The molecule has 3 amide bonds. The van der Waals surface area contributed by atoms with E-state index in [1.54, 1.807) is 59.7 Å². The van der Waals surface area contributed by atoms with Gasteiger partial charge in [0.1, 0.15) is 23.4 Å². The maximum Gasteiger partial charge on any atom is 0.408 e. The number of aromatic hydroxyl groups is 1. The highest BCUT2D eigenvalue weighted by Crippen LogP contribution is 2.28. The number of hydrogen-bond acceptors (Lipinski definition) is 5. The van der Waals surface area contributed by atoms with Crippen LogP contribution in [0.2, 0.25) is 0 Å². The number of phenolic OH excluding ortho intramolecular Hbond substituents is 1. The zero-order chi connectivity index (χ0) is 27.2. The third-order valence-electron chi connectivity index (χ3n) is 5.43. The Morgan fingerprint density at radius 2 is 1.69 bits per heavy atom. The van der Waals surface area contributed by atoms with E-state index in [0.717, 1.165) is 10.5 Å². The molecule has 0 aliphatic rings. The van der Waals surface area contributed by atoms with Gasteiger partial charge in [-0.25, -0.2) is 4.79 Å². The summed E-state index contributed by atoms with van der Waals surface area (Å²) in [5.41, 5.74) is 1.55. The zero-order valence-electron chi connectivity index (χ0n) is 21.9. The third-order valence-corrected chi connectivity index (χ3v) is 5.43. The van der Waals surface area contributed by atoms with Crippen LogP contribution in [0.5, 0.6) is 5.75 Å². The molecule has 0 saturated carbocycles. The quantitative estimate of drug-likeness (QED) is 0.384. The Morgan fingerprint density at radius 3 is 2.22 bits per heavy atom. The van der Waals surface area contributed by atoms with Crippen LogP contribution >= 0.6 is 0 Å². The molecule has 0 aliphatic heterocycles. The fourth-order valence-corrected chi connectivity index (χ4v) is 3.54. The molecular weight excluding hydrogens is 458 g/mol. The Labute approximate surface area is 213 Å². The summed E-state index contributed by atoms with van der Waals surface area (Å²) in [6.45, 7) is 12.2. The number of anilines is 1. The number of terminal acetylenes is 1. The molecule has 0 spiro atoms. The molecule has 0 heterocycles. The second-order valence-electron chi connectivity index (χ2n) is 9.96. The Kier molecular flexibility index (Phi) is 9.12.